The maximum atomic E-state index is 12.8. The molecule has 1 amide bonds. The highest BCUT2D eigenvalue weighted by atomic mass is 79.9. The maximum Gasteiger partial charge on any atom is 0.253 e. The molecule has 2 aromatic heterocycles. The molecule has 0 spiro atoms. The Kier molecular flexibility index (Phi) is 4.86. The van der Waals surface area contributed by atoms with E-state index in [2.05, 4.69) is 26.2 Å². The molecule has 1 fully saturated rings. The minimum absolute atomic E-state index is 0.265. The number of rotatable bonds is 4. The van der Waals surface area contributed by atoms with Crippen molar-refractivity contribution >= 4 is 69.9 Å². The van der Waals surface area contributed by atoms with E-state index >= 15 is 0 Å². The SMILES string of the molecule is O=C(Nc1nc2c(Br)cccc2s1)C1CCCN1S(=O)(=O)c1cccs1. The van der Waals surface area contributed by atoms with Gasteiger partial charge in [0.2, 0.25) is 5.91 Å². The van der Waals surface area contributed by atoms with E-state index in [9.17, 15) is 13.2 Å². The number of carbonyl (C=O) groups excluding carboxylic acids is 1. The number of nitrogens with zero attached hydrogens (tertiary/aromatic N) is 2. The molecule has 1 saturated heterocycles. The lowest BCUT2D eigenvalue weighted by Gasteiger charge is -2.22. The number of sulfonamides is 1. The molecule has 1 N–H and O–H groups in total. The summed E-state index contributed by atoms with van der Waals surface area (Å²) in [5.41, 5.74) is 0.780. The summed E-state index contributed by atoms with van der Waals surface area (Å²) < 4.78 is 28.9. The Bertz CT molecular complexity index is 1060. The van der Waals surface area contributed by atoms with Crippen molar-refractivity contribution < 1.29 is 13.2 Å². The van der Waals surface area contributed by atoms with Crippen LogP contribution in [0.4, 0.5) is 5.13 Å². The van der Waals surface area contributed by atoms with Gasteiger partial charge in [0.15, 0.2) is 5.13 Å². The van der Waals surface area contributed by atoms with E-state index in [-0.39, 0.29) is 10.1 Å². The molecule has 0 radical (unpaired) electrons. The Hall–Kier alpha value is -1.33. The molecule has 1 atom stereocenters. The van der Waals surface area contributed by atoms with Gasteiger partial charge in [0.25, 0.3) is 10.0 Å². The smallest absolute Gasteiger partial charge is 0.253 e. The van der Waals surface area contributed by atoms with Crippen molar-refractivity contribution in [2.24, 2.45) is 0 Å². The highest BCUT2D eigenvalue weighted by molar-refractivity contribution is 9.10. The predicted octanol–water partition coefficient (Wildman–Crippen LogP) is 3.91. The fourth-order valence-corrected chi connectivity index (χ4v) is 7.23. The number of nitrogens with one attached hydrogen (secondary N) is 1. The third-order valence-corrected chi connectivity index (χ3v) is 9.02. The van der Waals surface area contributed by atoms with Crippen molar-refractivity contribution in [1.82, 2.24) is 9.29 Å². The van der Waals surface area contributed by atoms with Gasteiger partial charge in [0, 0.05) is 11.0 Å². The van der Waals surface area contributed by atoms with Crippen LogP contribution < -0.4 is 5.32 Å². The second-order valence-electron chi connectivity index (χ2n) is 5.80. The second-order valence-corrected chi connectivity index (χ2v) is 10.8. The van der Waals surface area contributed by atoms with Crippen LogP contribution in [0.2, 0.25) is 0 Å². The van der Waals surface area contributed by atoms with E-state index in [1.807, 2.05) is 18.2 Å². The van der Waals surface area contributed by atoms with Gasteiger partial charge in [0.05, 0.1) is 10.2 Å². The summed E-state index contributed by atoms with van der Waals surface area (Å²) in [6, 6.07) is 8.27. The molecule has 26 heavy (non-hydrogen) atoms. The minimum atomic E-state index is -3.65. The number of anilines is 1. The van der Waals surface area contributed by atoms with E-state index in [0.717, 1.165) is 26.0 Å². The minimum Gasteiger partial charge on any atom is -0.301 e. The van der Waals surface area contributed by atoms with Crippen LogP contribution in [-0.2, 0) is 14.8 Å². The van der Waals surface area contributed by atoms with Gasteiger partial charge >= 0.3 is 0 Å². The second kappa shape index (κ2) is 7.01. The number of hydrogen-bond acceptors (Lipinski definition) is 6. The monoisotopic (exact) mass is 471 g/mol. The normalized spacial score (nSPS) is 18.4. The zero-order valence-corrected chi connectivity index (χ0v) is 17.4. The van der Waals surface area contributed by atoms with Gasteiger partial charge in [-0.1, -0.05) is 23.5 Å². The van der Waals surface area contributed by atoms with Crippen molar-refractivity contribution in [1.29, 1.82) is 0 Å². The van der Waals surface area contributed by atoms with Gasteiger partial charge in [-0.2, -0.15) is 4.31 Å². The molecule has 1 aliphatic rings. The molecule has 0 saturated carbocycles. The van der Waals surface area contributed by atoms with Crippen LogP contribution in [0.5, 0.6) is 0 Å². The molecule has 1 unspecified atom stereocenters. The van der Waals surface area contributed by atoms with Gasteiger partial charge in [-0.3, -0.25) is 4.79 Å². The standard InChI is InChI=1S/C16H14BrN3O3S3/c17-10-4-1-6-12-14(10)18-16(25-12)19-15(21)11-5-2-8-20(11)26(22,23)13-7-3-9-24-13/h1,3-4,6-7,9,11H,2,5,8H2,(H,18,19,21). The molecular formula is C16H14BrN3O3S3. The van der Waals surface area contributed by atoms with Crippen LogP contribution in [-0.4, -0.2) is 36.2 Å². The summed E-state index contributed by atoms with van der Waals surface area (Å²) in [6.45, 7) is 0.351. The zero-order chi connectivity index (χ0) is 18.3. The Balaban J connectivity index is 1.58. The Morgan fingerprint density at radius 3 is 2.88 bits per heavy atom. The average molecular weight is 472 g/mol. The Morgan fingerprint density at radius 1 is 1.31 bits per heavy atom. The predicted molar refractivity (Wildman–Crippen MR) is 107 cm³/mol. The van der Waals surface area contributed by atoms with Crippen LogP contribution in [0, 0.1) is 0 Å². The molecule has 10 heteroatoms. The van der Waals surface area contributed by atoms with Crippen molar-refractivity contribution in [3.05, 3.63) is 40.2 Å². The molecule has 3 heterocycles. The summed E-state index contributed by atoms with van der Waals surface area (Å²) in [4.78, 5) is 17.2. The fraction of sp³-hybridized carbons (Fsp3) is 0.250. The van der Waals surface area contributed by atoms with Crippen LogP contribution >= 0.6 is 38.6 Å². The molecule has 1 aliphatic heterocycles. The van der Waals surface area contributed by atoms with Gasteiger partial charge in [-0.15, -0.1) is 11.3 Å². The molecule has 0 bridgehead atoms. The number of amides is 1. The molecule has 4 rings (SSSR count). The molecule has 1 aromatic carbocycles. The van der Waals surface area contributed by atoms with Gasteiger partial charge < -0.3 is 5.32 Å². The summed E-state index contributed by atoms with van der Waals surface area (Å²) in [7, 11) is -3.65. The van der Waals surface area contributed by atoms with Crippen LogP contribution in [0.3, 0.4) is 0 Å². The topological polar surface area (TPSA) is 79.4 Å². The van der Waals surface area contributed by atoms with Gasteiger partial charge in [-0.25, -0.2) is 13.4 Å². The van der Waals surface area contributed by atoms with Crippen molar-refractivity contribution in [2.75, 3.05) is 11.9 Å². The first kappa shape index (κ1) is 18.1. The molecule has 136 valence electrons. The first-order chi connectivity index (χ1) is 12.5. The van der Waals surface area contributed by atoms with Crippen LogP contribution in [0.15, 0.2) is 44.4 Å². The zero-order valence-electron chi connectivity index (χ0n) is 13.4. The van der Waals surface area contributed by atoms with E-state index in [0.29, 0.717) is 24.5 Å². The lowest BCUT2D eigenvalue weighted by molar-refractivity contribution is -0.119. The van der Waals surface area contributed by atoms with E-state index in [1.165, 1.54) is 15.6 Å². The molecule has 3 aromatic rings. The number of thiophene rings is 1. The summed E-state index contributed by atoms with van der Waals surface area (Å²) in [6.07, 6.45) is 1.17. The van der Waals surface area contributed by atoms with Crippen molar-refractivity contribution in [3.63, 3.8) is 0 Å². The van der Waals surface area contributed by atoms with Crippen LogP contribution in [0.25, 0.3) is 10.2 Å². The van der Waals surface area contributed by atoms with Gasteiger partial charge in [0.1, 0.15) is 10.3 Å². The Morgan fingerprint density at radius 2 is 2.15 bits per heavy atom. The molecule has 6 nitrogen and oxygen atoms in total. The van der Waals surface area contributed by atoms with E-state index in [1.54, 1.807) is 17.5 Å². The summed E-state index contributed by atoms with van der Waals surface area (Å²) >= 11 is 5.97. The number of aromatic nitrogens is 1. The highest BCUT2D eigenvalue weighted by Gasteiger charge is 2.40. The first-order valence-electron chi connectivity index (χ1n) is 7.88. The highest BCUT2D eigenvalue weighted by Crippen LogP contribution is 2.32. The van der Waals surface area contributed by atoms with E-state index < -0.39 is 16.1 Å². The summed E-state index contributed by atoms with van der Waals surface area (Å²) in [5.74, 6) is -0.335. The largest absolute Gasteiger partial charge is 0.301 e. The number of carbonyl (C=O) groups is 1. The quantitative estimate of drug-likeness (QED) is 0.625. The third kappa shape index (κ3) is 3.20. The number of thiazole rings is 1. The number of benzene rings is 1. The molecular weight excluding hydrogens is 458 g/mol. The average Bonchev–Trinajstić information content (AvgIpc) is 3.35. The van der Waals surface area contributed by atoms with Crippen molar-refractivity contribution in [2.45, 2.75) is 23.1 Å². The number of fused-ring (bicyclic) bond motifs is 1. The first-order valence-corrected chi connectivity index (χ1v) is 11.8. The lowest BCUT2D eigenvalue weighted by Crippen LogP contribution is -2.42. The number of para-hydroxylation sites is 1. The maximum absolute atomic E-state index is 12.8. The number of hydrogen-bond donors (Lipinski definition) is 1. The third-order valence-electron chi connectivity index (χ3n) is 4.16. The van der Waals surface area contributed by atoms with E-state index in [4.69, 9.17) is 0 Å². The van der Waals surface area contributed by atoms with Crippen LogP contribution in [0.1, 0.15) is 12.8 Å². The number of halogens is 1. The molecule has 0 aliphatic carbocycles. The van der Waals surface area contributed by atoms with Crippen molar-refractivity contribution in [3.8, 4) is 0 Å². The van der Waals surface area contributed by atoms with Gasteiger partial charge in [-0.05, 0) is 52.4 Å². The lowest BCUT2D eigenvalue weighted by atomic mass is 10.2. The fourth-order valence-electron chi connectivity index (χ4n) is 2.97. The Labute approximate surface area is 167 Å². The summed E-state index contributed by atoms with van der Waals surface area (Å²) in [5, 5.41) is 4.98.